The quantitative estimate of drug-likeness (QED) is 0.783. The van der Waals surface area contributed by atoms with Gasteiger partial charge in [0, 0.05) is 25.4 Å². The zero-order valence-corrected chi connectivity index (χ0v) is 12.0. The van der Waals surface area contributed by atoms with Gasteiger partial charge in [-0.3, -0.25) is 4.68 Å². The third-order valence-electron chi connectivity index (χ3n) is 3.07. The summed E-state index contributed by atoms with van der Waals surface area (Å²) in [7, 11) is 1.66. The van der Waals surface area contributed by atoms with Crippen molar-refractivity contribution < 1.29 is 9.47 Å². The minimum Gasteiger partial charge on any atom is -0.491 e. The Kier molecular flexibility index (Phi) is 5.15. The molecule has 0 aliphatic heterocycles. The molecule has 1 aromatic carbocycles. The second kappa shape index (κ2) is 7.07. The van der Waals surface area contributed by atoms with E-state index in [4.69, 9.17) is 15.2 Å². The predicted molar refractivity (Wildman–Crippen MR) is 78.8 cm³/mol. The molecule has 0 saturated heterocycles. The van der Waals surface area contributed by atoms with Gasteiger partial charge in [-0.2, -0.15) is 5.10 Å². The van der Waals surface area contributed by atoms with Crippen molar-refractivity contribution in [1.82, 2.24) is 9.78 Å². The van der Waals surface area contributed by atoms with Gasteiger partial charge in [0.25, 0.3) is 0 Å². The number of benzene rings is 1. The summed E-state index contributed by atoms with van der Waals surface area (Å²) < 4.78 is 12.5. The van der Waals surface area contributed by atoms with Crippen molar-refractivity contribution >= 4 is 0 Å². The first-order valence-electron chi connectivity index (χ1n) is 6.70. The summed E-state index contributed by atoms with van der Waals surface area (Å²) in [6.45, 7) is 4.51. The van der Waals surface area contributed by atoms with Crippen molar-refractivity contribution in [3.8, 4) is 16.9 Å². The second-order valence-electron chi connectivity index (χ2n) is 4.60. The highest BCUT2D eigenvalue weighted by atomic mass is 16.5. The summed E-state index contributed by atoms with van der Waals surface area (Å²) >= 11 is 0. The predicted octanol–water partition coefficient (Wildman–Crippen LogP) is 1.84. The van der Waals surface area contributed by atoms with E-state index in [9.17, 15) is 0 Å². The van der Waals surface area contributed by atoms with Gasteiger partial charge in [0.05, 0.1) is 19.3 Å². The molecule has 2 N–H and O–H groups in total. The molecule has 5 nitrogen and oxygen atoms in total. The van der Waals surface area contributed by atoms with E-state index in [2.05, 4.69) is 18.1 Å². The molecule has 0 saturated carbocycles. The lowest BCUT2D eigenvalue weighted by Gasteiger charge is -2.09. The van der Waals surface area contributed by atoms with Gasteiger partial charge in [-0.25, -0.2) is 0 Å². The lowest BCUT2D eigenvalue weighted by atomic mass is 10.0. The Hall–Kier alpha value is -1.85. The zero-order chi connectivity index (χ0) is 14.4. The maximum Gasteiger partial charge on any atom is 0.120 e. The topological polar surface area (TPSA) is 62.3 Å². The van der Waals surface area contributed by atoms with Gasteiger partial charge in [-0.15, -0.1) is 0 Å². The molecule has 0 amide bonds. The molecular weight excluding hydrogens is 254 g/mol. The Bertz CT molecular complexity index is 552. The van der Waals surface area contributed by atoms with Crippen LogP contribution in [0.3, 0.4) is 0 Å². The number of hydrogen-bond acceptors (Lipinski definition) is 4. The molecule has 108 valence electrons. The molecule has 2 aromatic rings. The van der Waals surface area contributed by atoms with Gasteiger partial charge in [0.1, 0.15) is 12.4 Å². The van der Waals surface area contributed by atoms with Crippen LogP contribution in [0.25, 0.3) is 11.1 Å². The van der Waals surface area contributed by atoms with E-state index < -0.39 is 0 Å². The summed E-state index contributed by atoms with van der Waals surface area (Å²) in [6, 6.07) is 6.06. The minimum atomic E-state index is 0.547. The SMILES string of the molecule is COCCOc1ccc(C)c(-c2cnn(CCN)c2)c1. The highest BCUT2D eigenvalue weighted by Crippen LogP contribution is 2.27. The van der Waals surface area contributed by atoms with Gasteiger partial charge in [0.15, 0.2) is 0 Å². The van der Waals surface area contributed by atoms with Gasteiger partial charge < -0.3 is 15.2 Å². The Morgan fingerprint density at radius 2 is 2.15 bits per heavy atom. The van der Waals surface area contributed by atoms with Gasteiger partial charge in [-0.1, -0.05) is 6.07 Å². The van der Waals surface area contributed by atoms with Crippen LogP contribution in [0.15, 0.2) is 30.6 Å². The molecule has 0 bridgehead atoms. The van der Waals surface area contributed by atoms with Crippen LogP contribution in [0, 0.1) is 6.92 Å². The maximum absolute atomic E-state index is 5.65. The second-order valence-corrected chi connectivity index (χ2v) is 4.60. The van der Waals surface area contributed by atoms with E-state index in [0.29, 0.717) is 19.8 Å². The van der Waals surface area contributed by atoms with Crippen LogP contribution in [0.1, 0.15) is 5.56 Å². The minimum absolute atomic E-state index is 0.547. The molecule has 0 radical (unpaired) electrons. The summed E-state index contributed by atoms with van der Waals surface area (Å²) in [5.41, 5.74) is 8.93. The molecule has 0 aliphatic rings. The zero-order valence-electron chi connectivity index (χ0n) is 12.0. The number of hydrogen-bond donors (Lipinski definition) is 1. The van der Waals surface area contributed by atoms with Crippen molar-refractivity contribution in [2.45, 2.75) is 13.5 Å². The summed E-state index contributed by atoms with van der Waals surface area (Å²) in [5, 5.41) is 4.30. The summed E-state index contributed by atoms with van der Waals surface area (Å²) in [4.78, 5) is 0. The van der Waals surface area contributed by atoms with E-state index in [1.165, 1.54) is 5.56 Å². The number of aromatic nitrogens is 2. The molecule has 0 atom stereocenters. The van der Waals surface area contributed by atoms with Crippen molar-refractivity contribution in [1.29, 1.82) is 0 Å². The Morgan fingerprint density at radius 1 is 1.30 bits per heavy atom. The number of nitrogens with zero attached hydrogens (tertiary/aromatic N) is 2. The first-order chi connectivity index (χ1) is 9.74. The van der Waals surface area contributed by atoms with Crippen LogP contribution in [-0.2, 0) is 11.3 Å². The van der Waals surface area contributed by atoms with Crippen LogP contribution in [0.2, 0.25) is 0 Å². The molecule has 0 unspecified atom stereocenters. The van der Waals surface area contributed by atoms with Crippen molar-refractivity contribution in [2.24, 2.45) is 5.73 Å². The first-order valence-corrected chi connectivity index (χ1v) is 6.70. The van der Waals surface area contributed by atoms with Crippen molar-refractivity contribution in [3.63, 3.8) is 0 Å². The molecule has 2 rings (SSSR count). The molecule has 0 aliphatic carbocycles. The Morgan fingerprint density at radius 3 is 2.90 bits per heavy atom. The van der Waals surface area contributed by atoms with Crippen molar-refractivity contribution in [3.05, 3.63) is 36.2 Å². The van der Waals surface area contributed by atoms with E-state index >= 15 is 0 Å². The van der Waals surface area contributed by atoms with Crippen LogP contribution in [0.4, 0.5) is 0 Å². The van der Waals surface area contributed by atoms with E-state index in [0.717, 1.165) is 23.4 Å². The average molecular weight is 275 g/mol. The Labute approximate surface area is 119 Å². The number of ether oxygens (including phenoxy) is 2. The standard InChI is InChI=1S/C15H21N3O2/c1-12-3-4-14(20-8-7-19-2)9-15(12)13-10-17-18(11-13)6-5-16/h3-4,9-11H,5-8,16H2,1-2H3. The fraction of sp³-hybridized carbons (Fsp3) is 0.400. The summed E-state index contributed by atoms with van der Waals surface area (Å²) in [5.74, 6) is 0.842. The highest BCUT2D eigenvalue weighted by molar-refractivity contribution is 5.67. The monoisotopic (exact) mass is 275 g/mol. The van der Waals surface area contributed by atoms with Crippen LogP contribution in [-0.4, -0.2) is 36.6 Å². The number of nitrogens with two attached hydrogens (primary N) is 1. The van der Waals surface area contributed by atoms with Gasteiger partial charge in [0.2, 0.25) is 0 Å². The molecule has 0 spiro atoms. The fourth-order valence-corrected chi connectivity index (χ4v) is 2.00. The normalized spacial score (nSPS) is 10.8. The molecule has 0 fully saturated rings. The average Bonchev–Trinajstić information content (AvgIpc) is 2.90. The van der Waals surface area contributed by atoms with Crippen LogP contribution in [0.5, 0.6) is 5.75 Å². The van der Waals surface area contributed by atoms with E-state index in [1.807, 2.05) is 29.2 Å². The highest BCUT2D eigenvalue weighted by Gasteiger charge is 2.07. The van der Waals surface area contributed by atoms with Crippen LogP contribution >= 0.6 is 0 Å². The third kappa shape index (κ3) is 3.59. The number of methoxy groups -OCH3 is 1. The molecular formula is C15H21N3O2. The largest absolute Gasteiger partial charge is 0.491 e. The number of aryl methyl sites for hydroxylation is 1. The fourth-order valence-electron chi connectivity index (χ4n) is 2.00. The number of rotatable bonds is 7. The first kappa shape index (κ1) is 14.6. The van der Waals surface area contributed by atoms with Gasteiger partial charge >= 0.3 is 0 Å². The van der Waals surface area contributed by atoms with E-state index in [1.54, 1.807) is 7.11 Å². The molecule has 5 heteroatoms. The molecule has 20 heavy (non-hydrogen) atoms. The third-order valence-corrected chi connectivity index (χ3v) is 3.07. The Balaban J connectivity index is 2.18. The smallest absolute Gasteiger partial charge is 0.120 e. The molecule has 1 aromatic heterocycles. The van der Waals surface area contributed by atoms with Crippen LogP contribution < -0.4 is 10.5 Å². The molecule has 1 heterocycles. The van der Waals surface area contributed by atoms with E-state index in [-0.39, 0.29) is 0 Å². The lowest BCUT2D eigenvalue weighted by Crippen LogP contribution is -2.09. The van der Waals surface area contributed by atoms with Gasteiger partial charge in [-0.05, 0) is 30.2 Å². The maximum atomic E-state index is 5.65. The van der Waals surface area contributed by atoms with Crippen molar-refractivity contribution in [2.75, 3.05) is 26.9 Å². The summed E-state index contributed by atoms with van der Waals surface area (Å²) in [6.07, 6.45) is 3.87. The lowest BCUT2D eigenvalue weighted by molar-refractivity contribution is 0.146.